The minimum atomic E-state index is -1.27. The van der Waals surface area contributed by atoms with Crippen molar-refractivity contribution in [1.29, 1.82) is 0 Å². The Morgan fingerprint density at radius 3 is 2.44 bits per heavy atom. The topological polar surface area (TPSA) is 134 Å². The average molecular weight is 348 g/mol. The monoisotopic (exact) mass is 348 g/mol. The fraction of sp³-hybridized carbons (Fsp3) is 0.438. The molecule has 1 radical (unpaired) electrons. The fourth-order valence-electron chi connectivity index (χ4n) is 1.93. The van der Waals surface area contributed by atoms with E-state index in [1.54, 1.807) is 24.3 Å². The molecule has 25 heavy (non-hydrogen) atoms. The van der Waals surface area contributed by atoms with Crippen LogP contribution < -0.4 is 16.4 Å². The van der Waals surface area contributed by atoms with Gasteiger partial charge in [0, 0.05) is 0 Å². The van der Waals surface area contributed by atoms with Crippen LogP contribution in [-0.4, -0.2) is 66.5 Å². The summed E-state index contributed by atoms with van der Waals surface area (Å²) in [6.45, 7) is 0.710. The van der Waals surface area contributed by atoms with Crippen molar-refractivity contribution in [3.63, 3.8) is 0 Å². The van der Waals surface area contributed by atoms with E-state index in [1.807, 2.05) is 6.07 Å². The van der Waals surface area contributed by atoms with Gasteiger partial charge in [0.25, 0.3) is 0 Å². The second-order valence-corrected chi connectivity index (χ2v) is 5.43. The van der Waals surface area contributed by atoms with E-state index >= 15 is 0 Å². The van der Waals surface area contributed by atoms with Gasteiger partial charge in [-0.1, -0.05) is 6.07 Å². The number of nitrogens with one attached hydrogen (secondary N) is 2. The van der Waals surface area contributed by atoms with Crippen molar-refractivity contribution in [3.8, 4) is 0 Å². The molecule has 1 amide bonds. The van der Waals surface area contributed by atoms with Crippen LogP contribution in [0, 0.1) is 0 Å². The summed E-state index contributed by atoms with van der Waals surface area (Å²) in [5, 5.41) is 23.9. The molecule has 0 aliphatic heterocycles. The van der Waals surface area contributed by atoms with Crippen molar-refractivity contribution >= 4 is 25.0 Å². The third-order valence-corrected chi connectivity index (χ3v) is 3.33. The molecule has 6 N–H and O–H groups in total. The molecule has 0 saturated carbocycles. The summed E-state index contributed by atoms with van der Waals surface area (Å²) < 4.78 is 5.08. The third kappa shape index (κ3) is 7.04. The van der Waals surface area contributed by atoms with Crippen molar-refractivity contribution in [2.24, 2.45) is 5.73 Å². The van der Waals surface area contributed by atoms with Crippen molar-refractivity contribution in [2.75, 3.05) is 13.2 Å². The molecule has 135 valence electrons. The first-order chi connectivity index (χ1) is 11.9. The average Bonchev–Trinajstić information content (AvgIpc) is 2.62. The van der Waals surface area contributed by atoms with E-state index in [4.69, 9.17) is 18.0 Å². The molecule has 0 unspecified atom stereocenters. The van der Waals surface area contributed by atoms with Gasteiger partial charge in [-0.25, -0.2) is 0 Å². The predicted octanol–water partition coefficient (Wildman–Crippen LogP) is -2.20. The number of hydrogen-bond acceptors (Lipinski definition) is 7. The van der Waals surface area contributed by atoms with E-state index < -0.39 is 36.7 Å². The molecular formula is C16H23BN3O5. The Labute approximate surface area is 147 Å². The Hall–Kier alpha value is -2.23. The van der Waals surface area contributed by atoms with E-state index in [9.17, 15) is 19.8 Å². The molecule has 0 spiro atoms. The summed E-state index contributed by atoms with van der Waals surface area (Å²) in [5.74, 6) is -1.51. The normalized spacial score (nSPS) is 14.0. The van der Waals surface area contributed by atoms with E-state index in [-0.39, 0.29) is 18.7 Å². The first-order valence-corrected chi connectivity index (χ1v) is 7.76. The Morgan fingerprint density at radius 2 is 1.92 bits per heavy atom. The van der Waals surface area contributed by atoms with Crippen LogP contribution in [0.3, 0.4) is 0 Å². The third-order valence-electron chi connectivity index (χ3n) is 3.33. The standard InChI is InChI=1S/C16H23BN3O5/c1-10(22)14(20-13(17)7-18)15(23)19-12(8-21)16(24)25-9-11-5-3-2-4-6-11/h2-6,10,12,14,20-22H,7-9,18H2,1H3,(H,19,23)/t10-,12-,14-/m0/s1. The number of ether oxygens (including phenoxy) is 1. The second-order valence-electron chi connectivity index (χ2n) is 5.43. The quantitative estimate of drug-likeness (QED) is 0.239. The number of aliphatic hydroxyl groups excluding tert-OH is 2. The number of aliphatic hydroxyl groups is 2. The zero-order valence-electron chi connectivity index (χ0n) is 14.0. The summed E-state index contributed by atoms with van der Waals surface area (Å²) >= 11 is 0. The van der Waals surface area contributed by atoms with Crippen LogP contribution in [0.1, 0.15) is 12.5 Å². The molecule has 3 atom stereocenters. The molecule has 0 fully saturated rings. The van der Waals surface area contributed by atoms with E-state index in [0.29, 0.717) is 0 Å². The fourth-order valence-corrected chi connectivity index (χ4v) is 1.93. The first-order valence-electron chi connectivity index (χ1n) is 7.76. The van der Waals surface area contributed by atoms with Crippen LogP contribution in [0.2, 0.25) is 0 Å². The Balaban J connectivity index is 2.63. The molecule has 0 aromatic heterocycles. The SMILES string of the molecule is [B]=C(CN)N[C@H](C(=O)N[C@@H](CO)C(=O)OCc1ccccc1)[C@H](C)O. The number of esters is 1. The molecule has 0 aliphatic carbocycles. The van der Waals surface area contributed by atoms with Gasteiger partial charge < -0.3 is 0 Å². The predicted molar refractivity (Wildman–Crippen MR) is 93.7 cm³/mol. The van der Waals surface area contributed by atoms with Crippen molar-refractivity contribution in [1.82, 2.24) is 10.6 Å². The minimum absolute atomic E-state index is 0.0119. The number of hydrogen-bond donors (Lipinski definition) is 5. The number of nitrogens with two attached hydrogens (primary N) is 1. The van der Waals surface area contributed by atoms with E-state index in [0.717, 1.165) is 5.56 Å². The van der Waals surface area contributed by atoms with Gasteiger partial charge >= 0.3 is 141 Å². The summed E-state index contributed by atoms with van der Waals surface area (Å²) in [4.78, 5) is 24.2. The number of carbonyl (C=O) groups is 2. The second kappa shape index (κ2) is 10.6. The van der Waals surface area contributed by atoms with Gasteiger partial charge in [0.15, 0.2) is 0 Å². The molecule has 1 aromatic rings. The van der Waals surface area contributed by atoms with Crippen LogP contribution >= 0.6 is 0 Å². The van der Waals surface area contributed by atoms with Gasteiger partial charge in [-0.05, 0) is 0 Å². The van der Waals surface area contributed by atoms with Crippen LogP contribution in [0.4, 0.5) is 0 Å². The summed E-state index contributed by atoms with van der Waals surface area (Å²) in [5.41, 5.74) is 6.22. The van der Waals surface area contributed by atoms with Gasteiger partial charge in [0.05, 0.1) is 0 Å². The van der Waals surface area contributed by atoms with E-state index in [1.165, 1.54) is 6.92 Å². The Morgan fingerprint density at radius 1 is 1.28 bits per heavy atom. The molecule has 8 nitrogen and oxygen atoms in total. The van der Waals surface area contributed by atoms with Crippen LogP contribution in [0.15, 0.2) is 30.3 Å². The van der Waals surface area contributed by atoms with Gasteiger partial charge in [0.1, 0.15) is 0 Å². The first kappa shape index (κ1) is 20.8. The van der Waals surface area contributed by atoms with Crippen molar-refractivity contribution < 1.29 is 24.5 Å². The molecule has 1 aromatic carbocycles. The molecular weight excluding hydrogens is 325 g/mol. The van der Waals surface area contributed by atoms with Crippen molar-refractivity contribution in [3.05, 3.63) is 35.9 Å². The Kier molecular flexibility index (Phi) is 8.83. The molecule has 9 heteroatoms. The van der Waals surface area contributed by atoms with Crippen LogP contribution in [0.25, 0.3) is 0 Å². The number of amides is 1. The Bertz CT molecular complexity index is 582. The number of carbonyl (C=O) groups excluding carboxylic acids is 2. The molecule has 0 saturated heterocycles. The summed E-state index contributed by atoms with van der Waals surface area (Å²) in [7, 11) is 5.53. The maximum absolute atomic E-state index is 12.2. The summed E-state index contributed by atoms with van der Waals surface area (Å²) in [6, 6.07) is 6.59. The zero-order chi connectivity index (χ0) is 18.8. The number of benzene rings is 1. The van der Waals surface area contributed by atoms with Crippen molar-refractivity contribution in [2.45, 2.75) is 31.7 Å². The molecule has 0 aliphatic rings. The van der Waals surface area contributed by atoms with E-state index in [2.05, 4.69) is 10.6 Å². The zero-order valence-corrected chi connectivity index (χ0v) is 14.0. The van der Waals surface area contributed by atoms with Crippen LogP contribution in [0.5, 0.6) is 0 Å². The number of rotatable bonds is 10. The molecule has 0 heterocycles. The van der Waals surface area contributed by atoms with Gasteiger partial charge in [-0.3, -0.25) is 0 Å². The van der Waals surface area contributed by atoms with Gasteiger partial charge in [0.2, 0.25) is 0 Å². The van der Waals surface area contributed by atoms with Crippen LogP contribution in [-0.2, 0) is 20.9 Å². The van der Waals surface area contributed by atoms with Gasteiger partial charge in [-0.2, -0.15) is 0 Å². The molecule has 0 bridgehead atoms. The molecule has 1 rings (SSSR count). The van der Waals surface area contributed by atoms with Gasteiger partial charge in [-0.15, -0.1) is 0 Å². The maximum atomic E-state index is 12.2. The summed E-state index contributed by atoms with van der Waals surface area (Å²) in [6.07, 6.45) is -1.11.